The van der Waals surface area contributed by atoms with E-state index in [4.69, 9.17) is 4.74 Å². The molecular weight excluding hydrogens is 288 g/mol. The number of quaternary nitrogens is 1. The first-order valence-corrected chi connectivity index (χ1v) is 8.96. The molecule has 1 aromatic carbocycles. The molecule has 3 atom stereocenters. The van der Waals surface area contributed by atoms with Gasteiger partial charge in [-0.3, -0.25) is 4.79 Å². The van der Waals surface area contributed by atoms with Crippen LogP contribution in [-0.2, 0) is 4.79 Å². The van der Waals surface area contributed by atoms with E-state index in [1.165, 1.54) is 43.4 Å². The summed E-state index contributed by atoms with van der Waals surface area (Å²) < 4.78 is 5.36. The van der Waals surface area contributed by atoms with E-state index in [1.807, 2.05) is 25.1 Å². The number of benzene rings is 1. The Balaban J connectivity index is 1.64. The molecule has 2 N–H and O–H groups in total. The van der Waals surface area contributed by atoms with E-state index in [0.717, 1.165) is 29.5 Å². The number of likely N-dealkylation sites (tertiary alicyclic amines) is 1. The monoisotopic (exact) mass is 317 g/mol. The first-order valence-electron chi connectivity index (χ1n) is 8.96. The van der Waals surface area contributed by atoms with Crippen molar-refractivity contribution in [2.24, 2.45) is 5.92 Å². The van der Waals surface area contributed by atoms with Gasteiger partial charge in [-0.05, 0) is 56.7 Å². The Morgan fingerprint density at radius 2 is 2.04 bits per heavy atom. The number of carbonyl (C=O) groups excluding carboxylic acids is 1. The second-order valence-electron chi connectivity index (χ2n) is 7.13. The lowest BCUT2D eigenvalue weighted by molar-refractivity contribution is -0.928. The van der Waals surface area contributed by atoms with Crippen LogP contribution in [0.3, 0.4) is 0 Å². The molecule has 1 aliphatic heterocycles. The van der Waals surface area contributed by atoms with E-state index in [0.29, 0.717) is 12.6 Å². The van der Waals surface area contributed by atoms with Crippen molar-refractivity contribution in [2.45, 2.75) is 51.5 Å². The van der Waals surface area contributed by atoms with E-state index < -0.39 is 0 Å². The number of methoxy groups -OCH3 is 1. The minimum Gasteiger partial charge on any atom is -0.495 e. The lowest BCUT2D eigenvalue weighted by Crippen LogP contribution is -3.18. The van der Waals surface area contributed by atoms with Crippen molar-refractivity contribution in [1.29, 1.82) is 0 Å². The molecule has 0 aromatic heterocycles. The summed E-state index contributed by atoms with van der Waals surface area (Å²) >= 11 is 0. The van der Waals surface area contributed by atoms with E-state index >= 15 is 0 Å². The van der Waals surface area contributed by atoms with Crippen LogP contribution in [0.5, 0.6) is 5.75 Å². The third kappa shape index (κ3) is 3.86. The summed E-state index contributed by atoms with van der Waals surface area (Å²) in [5.41, 5.74) is 1.91. The molecule has 1 heterocycles. The SMILES string of the molecule is COc1ccc(C)cc1NC(=O)C[NH+]1CCC[C@H]2CCCC[C@@H]21. The first kappa shape index (κ1) is 16.3. The number of ether oxygens (including phenoxy) is 1. The van der Waals surface area contributed by atoms with Gasteiger partial charge in [0.1, 0.15) is 5.75 Å². The summed E-state index contributed by atoms with van der Waals surface area (Å²) in [5, 5.41) is 3.06. The Kier molecular flexibility index (Phi) is 5.21. The fourth-order valence-electron chi connectivity index (χ4n) is 4.41. The highest BCUT2D eigenvalue weighted by molar-refractivity contribution is 5.93. The molecule has 0 spiro atoms. The number of aryl methyl sites for hydroxylation is 1. The zero-order valence-corrected chi connectivity index (χ0v) is 14.4. The summed E-state index contributed by atoms with van der Waals surface area (Å²) in [4.78, 5) is 14.0. The van der Waals surface area contributed by atoms with Crippen molar-refractivity contribution in [3.05, 3.63) is 23.8 Å². The van der Waals surface area contributed by atoms with Gasteiger partial charge in [-0.1, -0.05) is 12.5 Å². The molecule has 3 rings (SSSR count). The van der Waals surface area contributed by atoms with Crippen LogP contribution < -0.4 is 15.0 Å². The van der Waals surface area contributed by atoms with Gasteiger partial charge >= 0.3 is 0 Å². The van der Waals surface area contributed by atoms with Gasteiger partial charge in [0.15, 0.2) is 6.54 Å². The quantitative estimate of drug-likeness (QED) is 0.894. The Morgan fingerprint density at radius 3 is 2.87 bits per heavy atom. The van der Waals surface area contributed by atoms with Crippen LogP contribution in [0.25, 0.3) is 0 Å². The Hall–Kier alpha value is -1.55. The van der Waals surface area contributed by atoms with Crippen LogP contribution in [0.4, 0.5) is 5.69 Å². The molecule has 2 fully saturated rings. The standard InChI is InChI=1S/C19H28N2O2/c1-14-9-10-18(23-2)16(12-14)20-19(22)13-21-11-5-7-15-6-3-4-8-17(15)21/h9-10,12,15,17H,3-8,11,13H2,1-2H3,(H,20,22)/p+1/t15-,17+/m1/s1. The molecule has 4 nitrogen and oxygen atoms in total. The smallest absolute Gasteiger partial charge is 0.279 e. The Bertz CT molecular complexity index is 556. The van der Waals surface area contributed by atoms with E-state index in [-0.39, 0.29) is 5.91 Å². The predicted molar refractivity (Wildman–Crippen MR) is 92.0 cm³/mol. The van der Waals surface area contributed by atoms with Crippen molar-refractivity contribution in [3.63, 3.8) is 0 Å². The number of hydrogen-bond donors (Lipinski definition) is 2. The molecule has 4 heteroatoms. The molecule has 0 bridgehead atoms. The number of piperidine rings is 1. The summed E-state index contributed by atoms with van der Waals surface area (Å²) in [6.07, 6.45) is 7.99. The van der Waals surface area contributed by atoms with Crippen LogP contribution >= 0.6 is 0 Å². The molecule has 1 saturated carbocycles. The summed E-state index contributed by atoms with van der Waals surface area (Å²) in [6, 6.07) is 6.58. The maximum absolute atomic E-state index is 12.5. The average molecular weight is 317 g/mol. The lowest BCUT2D eigenvalue weighted by Gasteiger charge is -2.40. The summed E-state index contributed by atoms with van der Waals surface area (Å²) in [6.45, 7) is 3.75. The third-order valence-corrected chi connectivity index (χ3v) is 5.52. The lowest BCUT2D eigenvalue weighted by atomic mass is 9.78. The number of fused-ring (bicyclic) bond motifs is 1. The molecular formula is C19H29N2O2+. The number of rotatable bonds is 4. The molecule has 23 heavy (non-hydrogen) atoms. The fraction of sp³-hybridized carbons (Fsp3) is 0.632. The topological polar surface area (TPSA) is 42.8 Å². The first-order chi connectivity index (χ1) is 11.2. The highest BCUT2D eigenvalue weighted by Crippen LogP contribution is 2.28. The van der Waals surface area contributed by atoms with Crippen molar-refractivity contribution >= 4 is 11.6 Å². The van der Waals surface area contributed by atoms with Crippen molar-refractivity contribution in [1.82, 2.24) is 0 Å². The molecule has 126 valence electrons. The normalized spacial score (nSPS) is 27.1. The molecule has 1 saturated heterocycles. The fourth-order valence-corrected chi connectivity index (χ4v) is 4.41. The van der Waals surface area contributed by atoms with Gasteiger partial charge < -0.3 is 15.0 Å². The second-order valence-corrected chi connectivity index (χ2v) is 7.13. The number of anilines is 1. The van der Waals surface area contributed by atoms with Crippen LogP contribution in [0.1, 0.15) is 44.1 Å². The Labute approximate surface area is 139 Å². The van der Waals surface area contributed by atoms with Gasteiger partial charge in [-0.2, -0.15) is 0 Å². The van der Waals surface area contributed by atoms with Crippen LogP contribution in [0.2, 0.25) is 0 Å². The van der Waals surface area contributed by atoms with Crippen molar-refractivity contribution in [2.75, 3.05) is 25.5 Å². The molecule has 1 aliphatic carbocycles. The summed E-state index contributed by atoms with van der Waals surface area (Å²) in [5.74, 6) is 1.68. The highest BCUT2D eigenvalue weighted by atomic mass is 16.5. The van der Waals surface area contributed by atoms with Gasteiger partial charge in [0.25, 0.3) is 5.91 Å². The zero-order valence-electron chi connectivity index (χ0n) is 14.4. The average Bonchev–Trinajstić information content (AvgIpc) is 2.55. The van der Waals surface area contributed by atoms with Crippen LogP contribution in [0.15, 0.2) is 18.2 Å². The summed E-state index contributed by atoms with van der Waals surface area (Å²) in [7, 11) is 1.64. The van der Waals surface area contributed by atoms with E-state index in [1.54, 1.807) is 7.11 Å². The molecule has 0 radical (unpaired) electrons. The van der Waals surface area contributed by atoms with Crippen LogP contribution in [-0.4, -0.2) is 32.1 Å². The highest BCUT2D eigenvalue weighted by Gasteiger charge is 2.37. The number of nitrogens with one attached hydrogen (secondary N) is 2. The minimum absolute atomic E-state index is 0.107. The largest absolute Gasteiger partial charge is 0.495 e. The number of carbonyl (C=O) groups is 1. The van der Waals surface area contributed by atoms with E-state index in [2.05, 4.69) is 5.32 Å². The molecule has 1 unspecified atom stereocenters. The van der Waals surface area contributed by atoms with Gasteiger partial charge in [0.05, 0.1) is 25.4 Å². The molecule has 2 aliphatic rings. The third-order valence-electron chi connectivity index (χ3n) is 5.52. The maximum Gasteiger partial charge on any atom is 0.279 e. The van der Waals surface area contributed by atoms with Crippen molar-refractivity contribution in [3.8, 4) is 5.75 Å². The molecule has 1 amide bonds. The minimum atomic E-state index is 0.107. The number of amides is 1. The van der Waals surface area contributed by atoms with Gasteiger partial charge in [0, 0.05) is 5.92 Å². The molecule has 1 aromatic rings. The predicted octanol–water partition coefficient (Wildman–Crippen LogP) is 2.18. The van der Waals surface area contributed by atoms with Gasteiger partial charge in [-0.25, -0.2) is 0 Å². The maximum atomic E-state index is 12.5. The van der Waals surface area contributed by atoms with Crippen LogP contribution in [0, 0.1) is 12.8 Å². The van der Waals surface area contributed by atoms with Crippen molar-refractivity contribution < 1.29 is 14.4 Å². The zero-order chi connectivity index (χ0) is 16.2. The van der Waals surface area contributed by atoms with E-state index in [9.17, 15) is 4.79 Å². The second kappa shape index (κ2) is 7.35. The van der Waals surface area contributed by atoms with Gasteiger partial charge in [-0.15, -0.1) is 0 Å². The number of hydrogen-bond acceptors (Lipinski definition) is 2. The Morgan fingerprint density at radius 1 is 1.26 bits per heavy atom. The van der Waals surface area contributed by atoms with Gasteiger partial charge in [0.2, 0.25) is 0 Å².